The van der Waals surface area contributed by atoms with E-state index in [2.05, 4.69) is 50.5 Å². The first-order chi connectivity index (χ1) is 8.33. The van der Waals surface area contributed by atoms with Gasteiger partial charge < -0.3 is 14.3 Å². The van der Waals surface area contributed by atoms with Crippen molar-refractivity contribution in [2.45, 2.75) is 26.0 Å². The molecule has 0 heterocycles. The van der Waals surface area contributed by atoms with E-state index < -0.39 is 6.10 Å². The van der Waals surface area contributed by atoms with Gasteiger partial charge in [-0.3, -0.25) is 0 Å². The van der Waals surface area contributed by atoms with E-state index in [1.807, 2.05) is 24.3 Å². The molecule has 0 fully saturated rings. The predicted molar refractivity (Wildman–Crippen MR) is 82.8 cm³/mol. The van der Waals surface area contributed by atoms with E-state index in [1.54, 1.807) is 0 Å². The Balaban J connectivity index is 2.47. The van der Waals surface area contributed by atoms with Gasteiger partial charge in [0.1, 0.15) is 25.0 Å². The first-order valence-electron chi connectivity index (χ1n) is 6.21. The Hall–Kier alpha value is -0.330. The fraction of sp³-hybridized carbons (Fsp3) is 0.571. The summed E-state index contributed by atoms with van der Waals surface area (Å²) >= 11 is 2.24. The third-order valence-electron chi connectivity index (χ3n) is 3.35. The van der Waals surface area contributed by atoms with Crippen LogP contribution in [0.1, 0.15) is 13.8 Å². The number of hydrogen-bond donors (Lipinski definition) is 1. The molecule has 1 atom stereocenters. The normalized spacial score (nSPS) is 13.7. The van der Waals surface area contributed by atoms with Crippen LogP contribution >= 0.6 is 22.6 Å². The summed E-state index contributed by atoms with van der Waals surface area (Å²) in [5.74, 6) is 0.840. The van der Waals surface area contributed by atoms with E-state index in [-0.39, 0.29) is 0 Å². The Morgan fingerprint density at radius 2 is 1.89 bits per heavy atom. The molecule has 1 rings (SSSR count). The Labute approximate surface area is 123 Å². The molecule has 0 aromatic heterocycles. The lowest BCUT2D eigenvalue weighted by Crippen LogP contribution is -2.51. The molecule has 1 aromatic carbocycles. The quantitative estimate of drug-likeness (QED) is 0.621. The number of ether oxygens (including phenoxy) is 1. The fourth-order valence-corrected chi connectivity index (χ4v) is 2.10. The second-order valence-corrected chi connectivity index (χ2v) is 6.61. The highest BCUT2D eigenvalue weighted by molar-refractivity contribution is 14.1. The lowest BCUT2D eigenvalue weighted by atomic mass is 10.2. The highest BCUT2D eigenvalue weighted by atomic mass is 127. The molecule has 1 aromatic rings. The van der Waals surface area contributed by atoms with Crippen LogP contribution in [0.3, 0.4) is 0 Å². The van der Waals surface area contributed by atoms with Crippen molar-refractivity contribution in [1.82, 2.24) is 0 Å². The van der Waals surface area contributed by atoms with Gasteiger partial charge in [0.15, 0.2) is 0 Å². The third kappa shape index (κ3) is 4.74. The topological polar surface area (TPSA) is 29.5 Å². The van der Waals surface area contributed by atoms with E-state index in [0.717, 1.165) is 13.8 Å². The number of nitrogens with zero attached hydrogens (tertiary/aromatic N) is 1. The van der Waals surface area contributed by atoms with Gasteiger partial charge in [-0.25, -0.2) is 0 Å². The van der Waals surface area contributed by atoms with Crippen molar-refractivity contribution < 1.29 is 14.3 Å². The van der Waals surface area contributed by atoms with Crippen LogP contribution in [0.2, 0.25) is 0 Å². The zero-order chi connectivity index (χ0) is 13.8. The van der Waals surface area contributed by atoms with Gasteiger partial charge in [0.05, 0.1) is 23.7 Å². The van der Waals surface area contributed by atoms with Crippen molar-refractivity contribution in [3.05, 3.63) is 27.8 Å². The average Bonchev–Trinajstić information content (AvgIpc) is 2.27. The summed E-state index contributed by atoms with van der Waals surface area (Å²) in [6.45, 7) is 5.36. The van der Waals surface area contributed by atoms with Crippen LogP contribution in [0.15, 0.2) is 24.3 Å². The minimum atomic E-state index is -0.446. The standard InChI is InChI=1S/C14H23INO2/c1-11(2)16(3,4)9-12(17)10-18-14-8-6-5-7-13(14)15/h5-8,11-12,17H,9-10H2,1-4H3/q+1. The second kappa shape index (κ2) is 6.73. The number of rotatable bonds is 6. The maximum atomic E-state index is 10.0. The van der Waals surface area contributed by atoms with Crippen molar-refractivity contribution in [2.75, 3.05) is 27.2 Å². The molecule has 0 aliphatic carbocycles. The van der Waals surface area contributed by atoms with Crippen LogP contribution in [-0.4, -0.2) is 49.0 Å². The first-order valence-corrected chi connectivity index (χ1v) is 7.29. The van der Waals surface area contributed by atoms with Gasteiger partial charge in [0.25, 0.3) is 0 Å². The van der Waals surface area contributed by atoms with Gasteiger partial charge in [-0.2, -0.15) is 0 Å². The van der Waals surface area contributed by atoms with Crippen LogP contribution in [-0.2, 0) is 0 Å². The van der Waals surface area contributed by atoms with Crippen molar-refractivity contribution in [3.8, 4) is 5.75 Å². The maximum absolute atomic E-state index is 10.0. The maximum Gasteiger partial charge on any atom is 0.137 e. The molecule has 0 bridgehead atoms. The van der Waals surface area contributed by atoms with E-state index in [1.165, 1.54) is 0 Å². The van der Waals surface area contributed by atoms with Crippen molar-refractivity contribution in [1.29, 1.82) is 0 Å². The number of likely N-dealkylation sites (N-methyl/N-ethyl adjacent to an activating group) is 1. The Morgan fingerprint density at radius 3 is 2.44 bits per heavy atom. The molecular formula is C14H23INO2+. The van der Waals surface area contributed by atoms with Gasteiger partial charge in [0.2, 0.25) is 0 Å². The lowest BCUT2D eigenvalue weighted by molar-refractivity contribution is -0.914. The van der Waals surface area contributed by atoms with Crippen LogP contribution < -0.4 is 4.74 Å². The minimum Gasteiger partial charge on any atom is -0.490 e. The van der Waals surface area contributed by atoms with Gasteiger partial charge in [0, 0.05) is 0 Å². The average molecular weight is 364 g/mol. The summed E-state index contributed by atoms with van der Waals surface area (Å²) in [4.78, 5) is 0. The van der Waals surface area contributed by atoms with E-state index in [9.17, 15) is 5.11 Å². The number of para-hydroxylation sites is 1. The number of quaternary nitrogens is 1. The molecule has 0 saturated carbocycles. The van der Waals surface area contributed by atoms with Crippen molar-refractivity contribution in [3.63, 3.8) is 0 Å². The summed E-state index contributed by atoms with van der Waals surface area (Å²) < 4.78 is 7.51. The molecule has 0 saturated heterocycles. The van der Waals surface area contributed by atoms with Gasteiger partial charge in [-0.1, -0.05) is 12.1 Å². The van der Waals surface area contributed by atoms with Crippen LogP contribution in [0.25, 0.3) is 0 Å². The molecule has 1 N–H and O–H groups in total. The zero-order valence-corrected chi connectivity index (χ0v) is 13.7. The molecule has 102 valence electrons. The minimum absolute atomic E-state index is 0.342. The molecule has 0 radical (unpaired) electrons. The molecule has 4 heteroatoms. The van der Waals surface area contributed by atoms with E-state index in [0.29, 0.717) is 19.2 Å². The monoisotopic (exact) mass is 364 g/mol. The molecule has 0 amide bonds. The lowest BCUT2D eigenvalue weighted by Gasteiger charge is -2.35. The fourth-order valence-electron chi connectivity index (χ4n) is 1.55. The van der Waals surface area contributed by atoms with Crippen LogP contribution in [0, 0.1) is 3.57 Å². The molecule has 0 spiro atoms. The zero-order valence-electron chi connectivity index (χ0n) is 11.6. The summed E-state index contributed by atoms with van der Waals surface area (Å²) in [6.07, 6.45) is -0.446. The Morgan fingerprint density at radius 1 is 1.28 bits per heavy atom. The number of aliphatic hydroxyl groups excluding tert-OH is 1. The smallest absolute Gasteiger partial charge is 0.137 e. The van der Waals surface area contributed by atoms with Gasteiger partial charge >= 0.3 is 0 Å². The second-order valence-electron chi connectivity index (χ2n) is 5.45. The van der Waals surface area contributed by atoms with Crippen molar-refractivity contribution in [2.24, 2.45) is 0 Å². The number of aliphatic hydroxyl groups is 1. The highest BCUT2D eigenvalue weighted by Crippen LogP contribution is 2.20. The number of benzene rings is 1. The highest BCUT2D eigenvalue weighted by Gasteiger charge is 2.24. The first kappa shape index (κ1) is 15.7. The van der Waals surface area contributed by atoms with Gasteiger partial charge in [-0.15, -0.1) is 0 Å². The number of halogens is 1. The third-order valence-corrected chi connectivity index (χ3v) is 4.24. The summed E-state index contributed by atoms with van der Waals surface area (Å²) in [7, 11) is 4.25. The Bertz CT molecular complexity index is 380. The summed E-state index contributed by atoms with van der Waals surface area (Å²) in [6, 6.07) is 8.33. The molecule has 18 heavy (non-hydrogen) atoms. The molecular weight excluding hydrogens is 341 g/mol. The summed E-state index contributed by atoms with van der Waals surface area (Å²) in [5.41, 5.74) is 0. The van der Waals surface area contributed by atoms with Crippen LogP contribution in [0.5, 0.6) is 5.75 Å². The largest absolute Gasteiger partial charge is 0.490 e. The Kier molecular flexibility index (Phi) is 5.88. The van der Waals surface area contributed by atoms with E-state index >= 15 is 0 Å². The van der Waals surface area contributed by atoms with E-state index in [4.69, 9.17) is 4.74 Å². The predicted octanol–water partition coefficient (Wildman–Crippen LogP) is 2.52. The SMILES string of the molecule is CC(C)[N+](C)(C)CC(O)COc1ccccc1I. The van der Waals surface area contributed by atoms with Gasteiger partial charge in [-0.05, 0) is 48.6 Å². The molecule has 3 nitrogen and oxygen atoms in total. The molecule has 0 aliphatic rings. The van der Waals surface area contributed by atoms with Crippen LogP contribution in [0.4, 0.5) is 0 Å². The molecule has 1 unspecified atom stereocenters. The summed E-state index contributed by atoms with van der Waals surface area (Å²) in [5, 5.41) is 10.0. The molecule has 0 aliphatic heterocycles. The van der Waals surface area contributed by atoms with Crippen molar-refractivity contribution >= 4 is 22.6 Å². The number of hydrogen-bond acceptors (Lipinski definition) is 2.